The van der Waals surface area contributed by atoms with Crippen LogP contribution >= 0.6 is 0 Å². The third-order valence-electron chi connectivity index (χ3n) is 2.75. The quantitative estimate of drug-likeness (QED) is 0.803. The Morgan fingerprint density at radius 3 is 2.60 bits per heavy atom. The topological polar surface area (TPSA) is 75.6 Å². The summed E-state index contributed by atoms with van der Waals surface area (Å²) in [5, 5.41) is 11.5. The molecule has 0 aromatic heterocycles. The highest BCUT2D eigenvalue weighted by atomic mass is 16.5. The fourth-order valence-corrected chi connectivity index (χ4v) is 1.61. The lowest BCUT2D eigenvalue weighted by Gasteiger charge is -2.11. The number of carbonyl (C=O) groups is 2. The monoisotopic (exact) mass is 279 g/mol. The first-order valence-electron chi connectivity index (χ1n) is 6.68. The third kappa shape index (κ3) is 5.30. The van der Waals surface area contributed by atoms with Gasteiger partial charge in [-0.25, -0.2) is 0 Å². The molecule has 110 valence electrons. The summed E-state index contributed by atoms with van der Waals surface area (Å²) in [6.45, 7) is 5.78. The molecule has 0 saturated heterocycles. The standard InChI is InChI=1S/C15H21NO4/c1-10(2)20-13-6-4-5-12(9-13)14(17)16-8-7-11(3)15(18)19/h4-6,9-11H,7-8H2,1-3H3,(H,16,17)(H,18,19). The predicted molar refractivity (Wildman–Crippen MR) is 76.0 cm³/mol. The van der Waals surface area contributed by atoms with Gasteiger partial charge in [0, 0.05) is 12.1 Å². The van der Waals surface area contributed by atoms with Crippen LogP contribution in [0.25, 0.3) is 0 Å². The fraction of sp³-hybridized carbons (Fsp3) is 0.467. The van der Waals surface area contributed by atoms with Crippen LogP contribution in [0.4, 0.5) is 0 Å². The molecule has 1 amide bonds. The van der Waals surface area contributed by atoms with Gasteiger partial charge in [-0.2, -0.15) is 0 Å². The number of carbonyl (C=O) groups excluding carboxylic acids is 1. The van der Waals surface area contributed by atoms with Crippen molar-refractivity contribution in [1.82, 2.24) is 5.32 Å². The van der Waals surface area contributed by atoms with Crippen LogP contribution in [-0.2, 0) is 4.79 Å². The minimum absolute atomic E-state index is 0.0460. The highest BCUT2D eigenvalue weighted by molar-refractivity contribution is 5.94. The Morgan fingerprint density at radius 1 is 1.30 bits per heavy atom. The Kier molecular flexibility index (Phi) is 6.03. The molecular formula is C15H21NO4. The smallest absolute Gasteiger partial charge is 0.306 e. The Morgan fingerprint density at radius 2 is 2.00 bits per heavy atom. The lowest BCUT2D eigenvalue weighted by atomic mass is 10.1. The molecule has 5 nitrogen and oxygen atoms in total. The molecular weight excluding hydrogens is 258 g/mol. The van der Waals surface area contributed by atoms with Crippen molar-refractivity contribution in [2.24, 2.45) is 5.92 Å². The van der Waals surface area contributed by atoms with E-state index in [0.29, 0.717) is 24.3 Å². The molecule has 0 fully saturated rings. The lowest BCUT2D eigenvalue weighted by Crippen LogP contribution is -2.27. The van der Waals surface area contributed by atoms with E-state index in [9.17, 15) is 9.59 Å². The van der Waals surface area contributed by atoms with Gasteiger partial charge in [-0.15, -0.1) is 0 Å². The van der Waals surface area contributed by atoms with Crippen molar-refractivity contribution in [3.8, 4) is 5.75 Å². The van der Waals surface area contributed by atoms with Crippen molar-refractivity contribution < 1.29 is 19.4 Å². The summed E-state index contributed by atoms with van der Waals surface area (Å²) < 4.78 is 5.52. The summed E-state index contributed by atoms with van der Waals surface area (Å²) in [4.78, 5) is 22.6. The molecule has 0 saturated carbocycles. The first-order valence-corrected chi connectivity index (χ1v) is 6.68. The average Bonchev–Trinajstić information content (AvgIpc) is 2.37. The second-order valence-corrected chi connectivity index (χ2v) is 4.98. The summed E-state index contributed by atoms with van der Waals surface area (Å²) in [7, 11) is 0. The number of aliphatic carboxylic acids is 1. The largest absolute Gasteiger partial charge is 0.491 e. The molecule has 20 heavy (non-hydrogen) atoms. The summed E-state index contributed by atoms with van der Waals surface area (Å²) in [5.74, 6) is -0.902. The van der Waals surface area contributed by atoms with Crippen molar-refractivity contribution >= 4 is 11.9 Å². The average molecular weight is 279 g/mol. The molecule has 1 aromatic rings. The second-order valence-electron chi connectivity index (χ2n) is 4.98. The van der Waals surface area contributed by atoms with Gasteiger partial charge < -0.3 is 15.2 Å². The normalized spacial score (nSPS) is 12.0. The zero-order valence-corrected chi connectivity index (χ0v) is 12.1. The minimum atomic E-state index is -0.855. The van der Waals surface area contributed by atoms with Crippen molar-refractivity contribution in [3.05, 3.63) is 29.8 Å². The van der Waals surface area contributed by atoms with Crippen molar-refractivity contribution in [1.29, 1.82) is 0 Å². The van der Waals surface area contributed by atoms with Gasteiger partial charge in [0.25, 0.3) is 5.91 Å². The minimum Gasteiger partial charge on any atom is -0.491 e. The lowest BCUT2D eigenvalue weighted by molar-refractivity contribution is -0.141. The van der Waals surface area contributed by atoms with Crippen LogP contribution in [0.5, 0.6) is 5.75 Å². The van der Waals surface area contributed by atoms with E-state index in [1.807, 2.05) is 13.8 Å². The molecule has 5 heteroatoms. The first-order chi connectivity index (χ1) is 9.40. The van der Waals surface area contributed by atoms with Crippen LogP contribution in [0.2, 0.25) is 0 Å². The van der Waals surface area contributed by atoms with Crippen molar-refractivity contribution in [2.45, 2.75) is 33.3 Å². The number of benzene rings is 1. The molecule has 0 aliphatic heterocycles. The predicted octanol–water partition coefficient (Wildman–Crippen LogP) is 2.31. The van der Waals surface area contributed by atoms with Crippen LogP contribution in [0.1, 0.15) is 37.6 Å². The fourth-order valence-electron chi connectivity index (χ4n) is 1.61. The van der Waals surface area contributed by atoms with Gasteiger partial charge in [-0.3, -0.25) is 9.59 Å². The van der Waals surface area contributed by atoms with E-state index in [0.717, 1.165) is 0 Å². The molecule has 0 bridgehead atoms. The van der Waals surface area contributed by atoms with E-state index in [4.69, 9.17) is 9.84 Å². The second kappa shape index (κ2) is 7.53. The molecule has 2 N–H and O–H groups in total. The van der Waals surface area contributed by atoms with Crippen LogP contribution < -0.4 is 10.1 Å². The van der Waals surface area contributed by atoms with E-state index in [2.05, 4.69) is 5.32 Å². The van der Waals surface area contributed by atoms with Crippen LogP contribution in [0.3, 0.4) is 0 Å². The van der Waals surface area contributed by atoms with E-state index >= 15 is 0 Å². The highest BCUT2D eigenvalue weighted by Gasteiger charge is 2.12. The number of hydrogen-bond acceptors (Lipinski definition) is 3. The van der Waals surface area contributed by atoms with Gasteiger partial charge in [0.15, 0.2) is 0 Å². The van der Waals surface area contributed by atoms with E-state index in [1.54, 1.807) is 31.2 Å². The van der Waals surface area contributed by atoms with Gasteiger partial charge in [0.1, 0.15) is 5.75 Å². The Bertz CT molecular complexity index is 471. The number of carboxylic acid groups (broad SMARTS) is 1. The van der Waals surface area contributed by atoms with Gasteiger partial charge >= 0.3 is 5.97 Å². The van der Waals surface area contributed by atoms with Crippen LogP contribution in [0, 0.1) is 5.92 Å². The summed E-state index contributed by atoms with van der Waals surface area (Å²) in [6.07, 6.45) is 0.452. The van der Waals surface area contributed by atoms with Gasteiger partial charge in [0.2, 0.25) is 0 Å². The molecule has 1 aromatic carbocycles. The third-order valence-corrected chi connectivity index (χ3v) is 2.75. The maximum atomic E-state index is 11.9. The Hall–Kier alpha value is -2.04. The zero-order chi connectivity index (χ0) is 15.1. The molecule has 0 radical (unpaired) electrons. The molecule has 0 spiro atoms. The summed E-state index contributed by atoms with van der Waals surface area (Å²) in [5.41, 5.74) is 0.506. The number of hydrogen-bond donors (Lipinski definition) is 2. The zero-order valence-electron chi connectivity index (χ0n) is 12.1. The molecule has 0 heterocycles. The van der Waals surface area contributed by atoms with Crippen LogP contribution in [-0.4, -0.2) is 29.6 Å². The molecule has 0 aliphatic rings. The summed E-state index contributed by atoms with van der Waals surface area (Å²) >= 11 is 0. The maximum absolute atomic E-state index is 11.9. The molecule has 1 unspecified atom stereocenters. The van der Waals surface area contributed by atoms with Gasteiger partial charge in [0.05, 0.1) is 12.0 Å². The number of ether oxygens (including phenoxy) is 1. The number of nitrogens with one attached hydrogen (secondary N) is 1. The molecule has 1 rings (SSSR count). The summed E-state index contributed by atoms with van der Waals surface area (Å²) in [6, 6.07) is 6.93. The number of amides is 1. The van der Waals surface area contributed by atoms with Crippen molar-refractivity contribution in [3.63, 3.8) is 0 Å². The van der Waals surface area contributed by atoms with Gasteiger partial charge in [-0.1, -0.05) is 13.0 Å². The SMILES string of the molecule is CC(C)Oc1cccc(C(=O)NCCC(C)C(=O)O)c1. The van der Waals surface area contributed by atoms with E-state index in [1.165, 1.54) is 0 Å². The first kappa shape index (κ1) is 16.0. The van der Waals surface area contributed by atoms with Crippen molar-refractivity contribution in [2.75, 3.05) is 6.54 Å². The highest BCUT2D eigenvalue weighted by Crippen LogP contribution is 2.14. The number of carboxylic acids is 1. The maximum Gasteiger partial charge on any atom is 0.306 e. The van der Waals surface area contributed by atoms with E-state index < -0.39 is 11.9 Å². The van der Waals surface area contributed by atoms with Gasteiger partial charge in [-0.05, 0) is 38.5 Å². The van der Waals surface area contributed by atoms with E-state index in [-0.39, 0.29) is 12.0 Å². The molecule has 1 atom stereocenters. The Labute approximate surface area is 118 Å². The number of rotatable bonds is 7. The Balaban J connectivity index is 2.53. The molecule has 0 aliphatic carbocycles. The van der Waals surface area contributed by atoms with Crippen LogP contribution in [0.15, 0.2) is 24.3 Å².